The summed E-state index contributed by atoms with van der Waals surface area (Å²) in [6.45, 7) is 3.41. The standard InChI is InChI=1S/C11H14O3/c1-4-8-5-9(7(2)12)11(13)10(6-8)14-3/h5-6,13H,4H2,1-3H3. The highest BCUT2D eigenvalue weighted by molar-refractivity contribution is 5.97. The van der Waals surface area contributed by atoms with Crippen molar-refractivity contribution in [1.82, 2.24) is 0 Å². The first kappa shape index (κ1) is 10.6. The van der Waals surface area contributed by atoms with Crippen molar-refractivity contribution >= 4 is 5.78 Å². The van der Waals surface area contributed by atoms with E-state index in [9.17, 15) is 9.90 Å². The van der Waals surface area contributed by atoms with Crippen LogP contribution in [-0.4, -0.2) is 18.0 Å². The molecule has 1 rings (SSSR count). The monoisotopic (exact) mass is 194 g/mol. The Morgan fingerprint density at radius 3 is 2.57 bits per heavy atom. The number of benzene rings is 1. The molecule has 0 saturated heterocycles. The third-order valence-electron chi connectivity index (χ3n) is 2.14. The fourth-order valence-corrected chi connectivity index (χ4v) is 1.29. The number of ether oxygens (including phenoxy) is 1. The van der Waals surface area contributed by atoms with E-state index in [1.165, 1.54) is 14.0 Å². The fourth-order valence-electron chi connectivity index (χ4n) is 1.29. The smallest absolute Gasteiger partial charge is 0.168 e. The maximum Gasteiger partial charge on any atom is 0.168 e. The van der Waals surface area contributed by atoms with Crippen LogP contribution in [0.25, 0.3) is 0 Å². The third-order valence-corrected chi connectivity index (χ3v) is 2.14. The number of Topliss-reactive ketones (excluding diaryl/α,β-unsaturated/α-hetero) is 1. The minimum atomic E-state index is -0.156. The lowest BCUT2D eigenvalue weighted by Gasteiger charge is -2.09. The van der Waals surface area contributed by atoms with Gasteiger partial charge in [-0.15, -0.1) is 0 Å². The molecule has 0 aliphatic rings. The molecule has 1 aromatic carbocycles. The van der Waals surface area contributed by atoms with Crippen LogP contribution in [0.2, 0.25) is 0 Å². The predicted molar refractivity (Wildman–Crippen MR) is 54.0 cm³/mol. The second-order valence-corrected chi connectivity index (χ2v) is 3.10. The van der Waals surface area contributed by atoms with E-state index in [1.54, 1.807) is 12.1 Å². The van der Waals surface area contributed by atoms with Crippen LogP contribution in [0.3, 0.4) is 0 Å². The molecule has 1 aromatic rings. The average Bonchev–Trinajstić information content (AvgIpc) is 2.17. The summed E-state index contributed by atoms with van der Waals surface area (Å²) in [6.07, 6.45) is 0.802. The molecule has 1 N–H and O–H groups in total. The highest BCUT2D eigenvalue weighted by atomic mass is 16.5. The highest BCUT2D eigenvalue weighted by Crippen LogP contribution is 2.31. The highest BCUT2D eigenvalue weighted by Gasteiger charge is 2.12. The lowest BCUT2D eigenvalue weighted by Crippen LogP contribution is -1.97. The van der Waals surface area contributed by atoms with Crippen molar-refractivity contribution in [2.45, 2.75) is 20.3 Å². The molecular weight excluding hydrogens is 180 g/mol. The Morgan fingerprint density at radius 2 is 2.14 bits per heavy atom. The molecule has 0 amide bonds. The van der Waals surface area contributed by atoms with Crippen molar-refractivity contribution in [1.29, 1.82) is 0 Å². The number of ketones is 1. The van der Waals surface area contributed by atoms with Crippen LogP contribution in [0.1, 0.15) is 29.8 Å². The van der Waals surface area contributed by atoms with E-state index in [0.29, 0.717) is 11.3 Å². The van der Waals surface area contributed by atoms with Crippen LogP contribution in [0, 0.1) is 0 Å². The van der Waals surface area contributed by atoms with Gasteiger partial charge in [-0.1, -0.05) is 6.92 Å². The Kier molecular flexibility index (Phi) is 3.12. The van der Waals surface area contributed by atoms with E-state index in [0.717, 1.165) is 12.0 Å². The largest absolute Gasteiger partial charge is 0.504 e. The summed E-state index contributed by atoms with van der Waals surface area (Å²) < 4.78 is 4.98. The van der Waals surface area contributed by atoms with Gasteiger partial charge in [-0.3, -0.25) is 4.79 Å². The molecule has 0 atom stereocenters. The molecule has 3 nitrogen and oxygen atoms in total. The predicted octanol–water partition coefficient (Wildman–Crippen LogP) is 2.17. The van der Waals surface area contributed by atoms with Crippen molar-refractivity contribution < 1.29 is 14.6 Å². The lowest BCUT2D eigenvalue weighted by molar-refractivity contribution is 0.101. The van der Waals surface area contributed by atoms with Crippen LogP contribution >= 0.6 is 0 Å². The van der Waals surface area contributed by atoms with E-state index < -0.39 is 0 Å². The van der Waals surface area contributed by atoms with Gasteiger partial charge in [-0.05, 0) is 31.0 Å². The van der Waals surface area contributed by atoms with Crippen molar-refractivity contribution in [3.05, 3.63) is 23.3 Å². The number of aromatic hydroxyl groups is 1. The molecule has 0 unspecified atom stereocenters. The molecule has 0 fully saturated rings. The van der Waals surface area contributed by atoms with Gasteiger partial charge in [0, 0.05) is 0 Å². The molecule has 0 heterocycles. The zero-order valence-corrected chi connectivity index (χ0v) is 8.63. The summed E-state index contributed by atoms with van der Waals surface area (Å²) >= 11 is 0. The normalized spacial score (nSPS) is 9.93. The first-order valence-electron chi connectivity index (χ1n) is 4.51. The van der Waals surface area contributed by atoms with Gasteiger partial charge in [0.05, 0.1) is 12.7 Å². The van der Waals surface area contributed by atoms with E-state index in [1.807, 2.05) is 6.92 Å². The first-order chi connectivity index (χ1) is 6.60. The summed E-state index contributed by atoms with van der Waals surface area (Å²) in [7, 11) is 1.47. The molecule has 0 aliphatic heterocycles. The number of aryl methyl sites for hydroxylation is 1. The number of carbonyl (C=O) groups excluding carboxylic acids is 1. The van der Waals surface area contributed by atoms with Gasteiger partial charge in [0.15, 0.2) is 17.3 Å². The first-order valence-corrected chi connectivity index (χ1v) is 4.51. The minimum absolute atomic E-state index is 0.0720. The Bertz CT molecular complexity index is 356. The van der Waals surface area contributed by atoms with Gasteiger partial charge < -0.3 is 9.84 Å². The van der Waals surface area contributed by atoms with Crippen molar-refractivity contribution in [3.8, 4) is 11.5 Å². The number of hydrogen-bond donors (Lipinski definition) is 1. The molecule has 0 aliphatic carbocycles. The summed E-state index contributed by atoms with van der Waals surface area (Å²) in [5, 5.41) is 9.63. The van der Waals surface area contributed by atoms with Crippen LogP contribution < -0.4 is 4.74 Å². The second-order valence-electron chi connectivity index (χ2n) is 3.10. The quantitative estimate of drug-likeness (QED) is 0.750. The van der Waals surface area contributed by atoms with Crippen molar-refractivity contribution in [2.75, 3.05) is 7.11 Å². The number of phenolic OH excluding ortho intramolecular Hbond substituents is 1. The van der Waals surface area contributed by atoms with Gasteiger partial charge in [-0.2, -0.15) is 0 Å². The average molecular weight is 194 g/mol. The zero-order chi connectivity index (χ0) is 10.7. The molecule has 0 saturated carbocycles. The van der Waals surface area contributed by atoms with Gasteiger partial charge in [0.25, 0.3) is 0 Å². The van der Waals surface area contributed by atoms with Gasteiger partial charge >= 0.3 is 0 Å². The number of hydrogen-bond acceptors (Lipinski definition) is 3. The van der Waals surface area contributed by atoms with E-state index in [2.05, 4.69) is 0 Å². The van der Waals surface area contributed by atoms with E-state index >= 15 is 0 Å². The maximum absolute atomic E-state index is 11.2. The van der Waals surface area contributed by atoms with Crippen molar-refractivity contribution in [3.63, 3.8) is 0 Å². The number of rotatable bonds is 3. The Morgan fingerprint density at radius 1 is 1.50 bits per heavy atom. The summed E-state index contributed by atoms with van der Waals surface area (Å²) in [4.78, 5) is 11.2. The van der Waals surface area contributed by atoms with E-state index in [4.69, 9.17) is 4.74 Å². The molecule has 14 heavy (non-hydrogen) atoms. The molecule has 0 aromatic heterocycles. The Hall–Kier alpha value is -1.51. The molecule has 76 valence electrons. The van der Waals surface area contributed by atoms with Crippen LogP contribution in [0.15, 0.2) is 12.1 Å². The van der Waals surface area contributed by atoms with Gasteiger partial charge in [-0.25, -0.2) is 0 Å². The molecule has 0 spiro atoms. The summed E-state index contributed by atoms with van der Waals surface area (Å²) in [6, 6.07) is 3.43. The number of methoxy groups -OCH3 is 1. The van der Waals surface area contributed by atoms with Crippen molar-refractivity contribution in [2.24, 2.45) is 0 Å². The topological polar surface area (TPSA) is 46.5 Å². The molecular formula is C11H14O3. The minimum Gasteiger partial charge on any atom is -0.504 e. The Balaban J connectivity index is 3.34. The Labute approximate surface area is 83.3 Å². The summed E-state index contributed by atoms with van der Waals surface area (Å²) in [5.74, 6) is 0.128. The van der Waals surface area contributed by atoms with Crippen LogP contribution in [0.4, 0.5) is 0 Å². The summed E-state index contributed by atoms with van der Waals surface area (Å²) in [5.41, 5.74) is 1.30. The molecule has 3 heteroatoms. The fraction of sp³-hybridized carbons (Fsp3) is 0.364. The molecule has 0 radical (unpaired) electrons. The zero-order valence-electron chi connectivity index (χ0n) is 8.63. The number of phenols is 1. The molecule has 0 bridgehead atoms. The van der Waals surface area contributed by atoms with Gasteiger partial charge in [0.1, 0.15) is 0 Å². The maximum atomic E-state index is 11.2. The van der Waals surface area contributed by atoms with E-state index in [-0.39, 0.29) is 11.5 Å². The lowest BCUT2D eigenvalue weighted by atomic mass is 10.0. The third kappa shape index (κ3) is 1.87. The van der Waals surface area contributed by atoms with Crippen LogP contribution in [0.5, 0.6) is 11.5 Å². The van der Waals surface area contributed by atoms with Gasteiger partial charge in [0.2, 0.25) is 0 Å². The van der Waals surface area contributed by atoms with Crippen LogP contribution in [-0.2, 0) is 6.42 Å². The second kappa shape index (κ2) is 4.13. The SMILES string of the molecule is CCc1cc(OC)c(O)c(C(C)=O)c1. The number of carbonyl (C=O) groups is 1.